The molecule has 0 aromatic carbocycles. The zero-order valence-corrected chi connectivity index (χ0v) is 43.2. The van der Waals surface area contributed by atoms with Crippen molar-refractivity contribution in [2.45, 2.75) is 238 Å². The highest BCUT2D eigenvalue weighted by Gasteiger charge is 2.38. The zero-order valence-electron chi connectivity index (χ0n) is 43.2. The first kappa shape index (κ1) is 63.0. The molecule has 1 aliphatic rings. The van der Waals surface area contributed by atoms with Crippen LogP contribution in [0.2, 0.25) is 0 Å². The maximum atomic E-state index is 14.1. The molecule has 0 aromatic rings. The Morgan fingerprint density at radius 1 is 0.643 bits per heavy atom. The molecule has 1 fully saturated rings. The van der Waals surface area contributed by atoms with E-state index in [4.69, 9.17) is 21.9 Å². The third-order valence-corrected chi connectivity index (χ3v) is 12.5. The van der Waals surface area contributed by atoms with E-state index in [1.54, 1.807) is 27.7 Å². The average molecular weight is 995 g/mol. The van der Waals surface area contributed by atoms with Crippen molar-refractivity contribution in [3.63, 3.8) is 0 Å². The molecule has 1 saturated heterocycles. The van der Waals surface area contributed by atoms with E-state index >= 15 is 0 Å². The lowest BCUT2D eigenvalue weighted by Crippen LogP contribution is -2.62. The van der Waals surface area contributed by atoms with Gasteiger partial charge in [0, 0.05) is 6.54 Å². The largest absolute Gasteiger partial charge is 0.458 e. The first-order valence-electron chi connectivity index (χ1n) is 25.8. The van der Waals surface area contributed by atoms with Crippen molar-refractivity contribution in [3.8, 4) is 0 Å². The number of unbranched alkanes of at least 4 members (excludes halogenated alkanes) is 15. The van der Waals surface area contributed by atoms with Crippen LogP contribution in [-0.2, 0) is 43.1 Å². The molecule has 14 N–H and O–H groups in total. The summed E-state index contributed by atoms with van der Waals surface area (Å²) in [6.07, 6.45) is 14.0. The van der Waals surface area contributed by atoms with Crippen molar-refractivity contribution >= 4 is 53.3 Å². The van der Waals surface area contributed by atoms with E-state index in [0.717, 1.165) is 38.5 Å². The van der Waals surface area contributed by atoms with Crippen molar-refractivity contribution < 1.29 is 53.3 Å². The molecule has 21 nitrogen and oxygen atoms in total. The van der Waals surface area contributed by atoms with Crippen LogP contribution in [-0.4, -0.2) is 125 Å². The number of rotatable bonds is 29. The molecular formula is C49H90N10O11. The minimum Gasteiger partial charge on any atom is -0.458 e. The zero-order chi connectivity index (χ0) is 52.8. The van der Waals surface area contributed by atoms with Gasteiger partial charge in [0.25, 0.3) is 0 Å². The number of aliphatic imine (C=N–C) groups is 1. The second kappa shape index (κ2) is 35.1. The van der Waals surface area contributed by atoms with Gasteiger partial charge in [0.1, 0.15) is 42.4 Å². The molecular weight excluding hydrogens is 905 g/mol. The van der Waals surface area contributed by atoms with E-state index in [1.807, 2.05) is 0 Å². The number of aliphatic hydroxyl groups excluding tert-OH is 2. The summed E-state index contributed by atoms with van der Waals surface area (Å²) in [4.78, 5) is 112. The summed E-state index contributed by atoms with van der Waals surface area (Å²) in [5.74, 6) is -7.97. The number of primary amides is 1. The highest BCUT2D eigenvalue weighted by atomic mass is 16.5. The van der Waals surface area contributed by atoms with Crippen molar-refractivity contribution in [2.75, 3.05) is 6.54 Å². The van der Waals surface area contributed by atoms with Crippen LogP contribution in [0.3, 0.4) is 0 Å². The van der Waals surface area contributed by atoms with Crippen LogP contribution in [0.5, 0.6) is 0 Å². The quantitative estimate of drug-likeness (QED) is 0.0221. The Kier molecular flexibility index (Phi) is 31.6. The van der Waals surface area contributed by atoms with Crippen LogP contribution in [0.15, 0.2) is 4.99 Å². The first-order chi connectivity index (χ1) is 33.1. The van der Waals surface area contributed by atoms with Gasteiger partial charge in [-0.15, -0.1) is 0 Å². The lowest BCUT2D eigenvalue weighted by molar-refractivity contribution is -0.155. The van der Waals surface area contributed by atoms with E-state index in [0.29, 0.717) is 25.8 Å². The number of cyclic esters (lactones) is 1. The topological polar surface area (TPSA) is 349 Å². The van der Waals surface area contributed by atoms with E-state index in [2.05, 4.69) is 36.9 Å². The Morgan fingerprint density at radius 3 is 1.60 bits per heavy atom. The Labute approximate surface area is 415 Å². The molecule has 10 atom stereocenters. The number of nitrogens with two attached hydrogens (primary N) is 3. The maximum Gasteiger partial charge on any atom is 0.328 e. The van der Waals surface area contributed by atoms with Gasteiger partial charge in [-0.3, -0.25) is 38.6 Å². The lowest BCUT2D eigenvalue weighted by Gasteiger charge is -2.30. The summed E-state index contributed by atoms with van der Waals surface area (Å²) in [5, 5.41) is 36.3. The molecule has 402 valence electrons. The molecule has 10 unspecified atom stereocenters. The van der Waals surface area contributed by atoms with Crippen molar-refractivity contribution in [3.05, 3.63) is 0 Å². The minimum atomic E-state index is -1.67. The molecule has 0 aromatic heterocycles. The van der Waals surface area contributed by atoms with Gasteiger partial charge in [-0.05, 0) is 51.9 Å². The van der Waals surface area contributed by atoms with Gasteiger partial charge in [-0.2, -0.15) is 0 Å². The molecule has 1 heterocycles. The molecule has 21 heteroatoms. The number of amides is 7. The first-order valence-corrected chi connectivity index (χ1v) is 25.8. The summed E-state index contributed by atoms with van der Waals surface area (Å²) in [5.41, 5.74) is 16.1. The van der Waals surface area contributed by atoms with Gasteiger partial charge in [0.05, 0.1) is 25.0 Å². The Bertz CT molecular complexity index is 1660. The van der Waals surface area contributed by atoms with Crippen LogP contribution < -0.4 is 49.1 Å². The molecule has 0 aliphatic carbocycles. The van der Waals surface area contributed by atoms with Crippen molar-refractivity contribution in [1.82, 2.24) is 31.9 Å². The molecule has 70 heavy (non-hydrogen) atoms. The number of carbonyl (C=O) groups excluding carboxylic acids is 8. The highest BCUT2D eigenvalue weighted by Crippen LogP contribution is 2.17. The normalized spacial score (nSPS) is 23.4. The smallest absolute Gasteiger partial charge is 0.328 e. The number of guanidine groups is 1. The van der Waals surface area contributed by atoms with E-state index in [9.17, 15) is 48.6 Å². The third-order valence-electron chi connectivity index (χ3n) is 12.5. The summed E-state index contributed by atoms with van der Waals surface area (Å²) in [7, 11) is 0. The second-order valence-electron chi connectivity index (χ2n) is 19.5. The van der Waals surface area contributed by atoms with Gasteiger partial charge in [-0.1, -0.05) is 130 Å². The second-order valence-corrected chi connectivity index (χ2v) is 19.5. The molecule has 7 amide bonds. The fourth-order valence-electron chi connectivity index (χ4n) is 8.09. The van der Waals surface area contributed by atoms with Gasteiger partial charge in [-0.25, -0.2) is 4.79 Å². The van der Waals surface area contributed by atoms with Gasteiger partial charge in [0.2, 0.25) is 41.4 Å². The fourth-order valence-corrected chi connectivity index (χ4v) is 8.09. The fraction of sp³-hybridized carbons (Fsp3) is 0.816. The van der Waals surface area contributed by atoms with Gasteiger partial charge >= 0.3 is 5.97 Å². The number of nitrogens with zero attached hydrogens (tertiary/aromatic N) is 1. The third kappa shape index (κ3) is 26.8. The van der Waals surface area contributed by atoms with Gasteiger partial charge in [0.15, 0.2) is 5.96 Å². The predicted molar refractivity (Wildman–Crippen MR) is 267 cm³/mol. The number of carbonyl (C=O) groups is 8. The Morgan fingerprint density at radius 2 is 1.11 bits per heavy atom. The van der Waals surface area contributed by atoms with Crippen molar-refractivity contribution in [1.29, 1.82) is 0 Å². The number of hydrogen-bond acceptors (Lipinski definition) is 12. The molecule has 0 spiro atoms. The van der Waals surface area contributed by atoms with E-state index in [-0.39, 0.29) is 24.7 Å². The summed E-state index contributed by atoms with van der Waals surface area (Å²) in [6, 6.07) is -8.92. The Balaban J connectivity index is 3.00. The van der Waals surface area contributed by atoms with Crippen LogP contribution in [0.4, 0.5) is 0 Å². The predicted octanol–water partition coefficient (Wildman–Crippen LogP) is 1.86. The monoisotopic (exact) mass is 995 g/mol. The summed E-state index contributed by atoms with van der Waals surface area (Å²) in [6.45, 7) is 11.5. The molecule has 0 saturated carbocycles. The van der Waals surface area contributed by atoms with E-state index < -0.39 is 114 Å². The molecule has 1 aliphatic heterocycles. The van der Waals surface area contributed by atoms with Crippen molar-refractivity contribution in [2.24, 2.45) is 34.0 Å². The summed E-state index contributed by atoms with van der Waals surface area (Å²) < 4.78 is 5.58. The number of aliphatic hydroxyl groups is 2. The van der Waals surface area contributed by atoms with Crippen LogP contribution >= 0.6 is 0 Å². The molecule has 0 radical (unpaired) electrons. The highest BCUT2D eigenvalue weighted by molar-refractivity contribution is 5.98. The summed E-state index contributed by atoms with van der Waals surface area (Å²) >= 11 is 0. The minimum absolute atomic E-state index is 0.0786. The van der Waals surface area contributed by atoms with Gasteiger partial charge < -0.3 is 64.1 Å². The van der Waals surface area contributed by atoms with Crippen LogP contribution in [0.25, 0.3) is 0 Å². The number of hydrogen-bond donors (Lipinski definition) is 11. The lowest BCUT2D eigenvalue weighted by atomic mass is 9.96. The van der Waals surface area contributed by atoms with Crippen LogP contribution in [0.1, 0.15) is 183 Å². The standard InChI is InChI=1S/C49H90N10O11/c1-8-31(4)40-45(66)59-41(33(6)60)46(67)56-37(29-38(50)62)43(64)54-32(5)48(69)70-34(7)42(47(68)55-36(27-30(2)3)44(65)58-40)57-39(63)28-35(61)25-23-21-19-17-15-13-11-9-10-12-14-16-18-20-22-24-26-53-49(51)52/h30-37,40-42,60-61H,8-29H2,1-7H3,(H2,50,62)(H,54,64)(H,55,68)(H,56,67)(H,57,63)(H,58,65)(H,59,66)(H4,51,52,53). The van der Waals surface area contributed by atoms with E-state index in [1.165, 1.54) is 78.6 Å². The van der Waals surface area contributed by atoms with Crippen LogP contribution in [0, 0.1) is 11.8 Å². The average Bonchev–Trinajstić information content (AvgIpc) is 3.27. The molecule has 1 rings (SSSR count). The number of nitrogens with one attached hydrogen (secondary N) is 6. The SMILES string of the molecule is CCC(C)C1NC(=O)C(CC(C)C)NC(=O)C(NC(=O)CC(O)CCCCCCCCCCCCCCCCCCN=C(N)N)C(C)OC(=O)C(C)NC(=O)C(CC(N)=O)NC(=O)C(C(C)O)NC1=O. The molecule has 0 bridgehead atoms. The Hall–Kier alpha value is -5.05. The number of esters is 1. The number of ether oxygens (including phenoxy) is 1. The maximum absolute atomic E-state index is 14.1.